The number of aryl methyl sites for hydroxylation is 2. The Morgan fingerprint density at radius 2 is 1.95 bits per heavy atom. The molecule has 19 heavy (non-hydrogen) atoms. The van der Waals surface area contributed by atoms with Crippen molar-refractivity contribution < 1.29 is 4.74 Å². The van der Waals surface area contributed by atoms with Crippen LogP contribution in [0.3, 0.4) is 0 Å². The predicted octanol–water partition coefficient (Wildman–Crippen LogP) is 3.36. The van der Waals surface area contributed by atoms with Gasteiger partial charge < -0.3 is 9.72 Å². The van der Waals surface area contributed by atoms with E-state index in [1.165, 1.54) is 16.5 Å². The molecule has 0 aliphatic carbocycles. The van der Waals surface area contributed by atoms with Gasteiger partial charge >= 0.3 is 0 Å². The number of rotatable bonds is 4. The van der Waals surface area contributed by atoms with Crippen molar-refractivity contribution in [1.29, 1.82) is 0 Å². The number of nitrogens with one attached hydrogen (secondary N) is 1. The van der Waals surface area contributed by atoms with Crippen LogP contribution in [0.1, 0.15) is 11.1 Å². The zero-order valence-corrected chi connectivity index (χ0v) is 10.9. The molecule has 3 aromatic rings. The second-order valence-corrected chi connectivity index (χ2v) is 4.58. The fourth-order valence-corrected chi connectivity index (χ4v) is 2.32. The first-order valence-corrected chi connectivity index (χ1v) is 6.40. The van der Waals surface area contributed by atoms with Gasteiger partial charge in [0.05, 0.1) is 7.11 Å². The summed E-state index contributed by atoms with van der Waals surface area (Å²) in [6.07, 6.45) is 7.80. The van der Waals surface area contributed by atoms with Crippen molar-refractivity contribution in [3.8, 4) is 5.75 Å². The Hall–Kier alpha value is -2.29. The average molecular weight is 252 g/mol. The molecule has 0 aliphatic heterocycles. The number of hydrogen-bond acceptors (Lipinski definition) is 2. The number of benzene rings is 1. The number of hydrogen-bond donors (Lipinski definition) is 1. The molecule has 0 saturated carbocycles. The molecule has 3 nitrogen and oxygen atoms in total. The molecule has 0 aliphatic rings. The molecule has 96 valence electrons. The molecule has 1 aromatic carbocycles. The third kappa shape index (κ3) is 2.45. The Labute approximate surface area is 112 Å². The lowest BCUT2D eigenvalue weighted by molar-refractivity contribution is 0.415. The van der Waals surface area contributed by atoms with Gasteiger partial charge in [-0.05, 0) is 54.3 Å². The highest BCUT2D eigenvalue weighted by atomic mass is 16.5. The molecule has 0 atom stereocenters. The van der Waals surface area contributed by atoms with Gasteiger partial charge in [0.2, 0.25) is 0 Å². The first kappa shape index (κ1) is 11.8. The summed E-state index contributed by atoms with van der Waals surface area (Å²) < 4.78 is 5.29. The summed E-state index contributed by atoms with van der Waals surface area (Å²) in [5, 5.41) is 1.24. The number of fused-ring (bicyclic) bond motifs is 1. The van der Waals surface area contributed by atoms with E-state index in [1.54, 1.807) is 7.11 Å². The van der Waals surface area contributed by atoms with E-state index >= 15 is 0 Å². The molecule has 0 fully saturated rings. The average Bonchev–Trinajstić information content (AvgIpc) is 2.88. The van der Waals surface area contributed by atoms with Crippen LogP contribution in [0.4, 0.5) is 0 Å². The highest BCUT2D eigenvalue weighted by Crippen LogP contribution is 2.24. The molecule has 2 heterocycles. The predicted molar refractivity (Wildman–Crippen MR) is 76.5 cm³/mol. The second kappa shape index (κ2) is 5.14. The van der Waals surface area contributed by atoms with Crippen LogP contribution in [-0.4, -0.2) is 17.1 Å². The van der Waals surface area contributed by atoms with Crippen LogP contribution in [0.15, 0.2) is 48.9 Å². The molecular weight excluding hydrogens is 236 g/mol. The van der Waals surface area contributed by atoms with Gasteiger partial charge in [0, 0.05) is 29.5 Å². The Kier molecular flexibility index (Phi) is 3.19. The molecule has 0 radical (unpaired) electrons. The zero-order valence-electron chi connectivity index (χ0n) is 10.9. The minimum atomic E-state index is 0.900. The van der Waals surface area contributed by atoms with Gasteiger partial charge in [-0.25, -0.2) is 0 Å². The van der Waals surface area contributed by atoms with E-state index in [2.05, 4.69) is 40.4 Å². The summed E-state index contributed by atoms with van der Waals surface area (Å²) in [5.41, 5.74) is 3.79. The summed E-state index contributed by atoms with van der Waals surface area (Å²) in [7, 11) is 1.70. The maximum Gasteiger partial charge on any atom is 0.119 e. The monoisotopic (exact) mass is 252 g/mol. The van der Waals surface area contributed by atoms with Crippen molar-refractivity contribution in [2.45, 2.75) is 12.8 Å². The number of aromatic nitrogens is 2. The molecule has 2 aromatic heterocycles. The summed E-state index contributed by atoms with van der Waals surface area (Å²) in [4.78, 5) is 7.35. The number of methoxy groups -OCH3 is 1. The van der Waals surface area contributed by atoms with E-state index in [0.717, 1.165) is 24.1 Å². The Balaban J connectivity index is 1.84. The van der Waals surface area contributed by atoms with Gasteiger partial charge in [-0.15, -0.1) is 0 Å². The lowest BCUT2D eigenvalue weighted by Gasteiger charge is -2.02. The second-order valence-electron chi connectivity index (χ2n) is 4.58. The summed E-state index contributed by atoms with van der Waals surface area (Å²) >= 11 is 0. The van der Waals surface area contributed by atoms with E-state index in [4.69, 9.17) is 4.74 Å². The van der Waals surface area contributed by atoms with Crippen molar-refractivity contribution >= 4 is 10.9 Å². The lowest BCUT2D eigenvalue weighted by Crippen LogP contribution is -1.90. The summed E-state index contributed by atoms with van der Waals surface area (Å²) in [6.45, 7) is 0. The van der Waals surface area contributed by atoms with Crippen molar-refractivity contribution in [3.05, 3.63) is 60.0 Å². The van der Waals surface area contributed by atoms with Crippen LogP contribution in [0, 0.1) is 0 Å². The highest BCUT2D eigenvalue weighted by molar-refractivity contribution is 5.84. The van der Waals surface area contributed by atoms with E-state index < -0.39 is 0 Å². The fourth-order valence-electron chi connectivity index (χ4n) is 2.32. The molecule has 0 spiro atoms. The standard InChI is InChI=1S/C16H16N2O/c1-19-14-4-5-16-15(10-14)13(11-18-16)3-2-12-6-8-17-9-7-12/h4-11,18H,2-3H2,1H3. The molecule has 0 bridgehead atoms. The molecule has 3 rings (SSSR count). The zero-order chi connectivity index (χ0) is 13.1. The molecule has 0 amide bonds. The smallest absolute Gasteiger partial charge is 0.119 e. The number of aromatic amines is 1. The summed E-state index contributed by atoms with van der Waals surface area (Å²) in [6, 6.07) is 10.3. The molecule has 1 N–H and O–H groups in total. The van der Waals surface area contributed by atoms with Crippen molar-refractivity contribution in [2.75, 3.05) is 7.11 Å². The first-order valence-electron chi connectivity index (χ1n) is 6.40. The molecule has 0 saturated heterocycles. The quantitative estimate of drug-likeness (QED) is 0.773. The van der Waals surface area contributed by atoms with Gasteiger partial charge in [-0.2, -0.15) is 0 Å². The normalized spacial score (nSPS) is 10.8. The Morgan fingerprint density at radius 1 is 1.11 bits per heavy atom. The number of nitrogens with zero attached hydrogens (tertiary/aromatic N) is 1. The third-order valence-electron chi connectivity index (χ3n) is 3.41. The first-order chi connectivity index (χ1) is 9.36. The highest BCUT2D eigenvalue weighted by Gasteiger charge is 2.05. The van der Waals surface area contributed by atoms with Crippen LogP contribution in [0.25, 0.3) is 10.9 Å². The lowest BCUT2D eigenvalue weighted by atomic mass is 10.0. The van der Waals surface area contributed by atoms with Crippen molar-refractivity contribution in [1.82, 2.24) is 9.97 Å². The van der Waals surface area contributed by atoms with E-state index in [0.29, 0.717) is 0 Å². The third-order valence-corrected chi connectivity index (χ3v) is 3.41. The van der Waals surface area contributed by atoms with E-state index in [-0.39, 0.29) is 0 Å². The van der Waals surface area contributed by atoms with Gasteiger partial charge in [-0.3, -0.25) is 4.98 Å². The minimum absolute atomic E-state index is 0.900. The maximum atomic E-state index is 5.29. The number of ether oxygens (including phenoxy) is 1. The molecule has 0 unspecified atom stereocenters. The number of pyridine rings is 1. The van der Waals surface area contributed by atoms with Gasteiger partial charge in [-0.1, -0.05) is 0 Å². The maximum absolute atomic E-state index is 5.29. The van der Waals surface area contributed by atoms with Gasteiger partial charge in [0.25, 0.3) is 0 Å². The van der Waals surface area contributed by atoms with Crippen LogP contribution in [0.2, 0.25) is 0 Å². The Bertz CT molecular complexity index is 674. The van der Waals surface area contributed by atoms with Crippen LogP contribution in [-0.2, 0) is 12.8 Å². The van der Waals surface area contributed by atoms with Crippen molar-refractivity contribution in [2.24, 2.45) is 0 Å². The van der Waals surface area contributed by atoms with Crippen LogP contribution < -0.4 is 4.74 Å². The topological polar surface area (TPSA) is 37.9 Å². The van der Waals surface area contributed by atoms with Gasteiger partial charge in [0.1, 0.15) is 5.75 Å². The van der Waals surface area contributed by atoms with Crippen LogP contribution in [0.5, 0.6) is 5.75 Å². The minimum Gasteiger partial charge on any atom is -0.497 e. The largest absolute Gasteiger partial charge is 0.497 e. The van der Waals surface area contributed by atoms with Crippen LogP contribution >= 0.6 is 0 Å². The molecular formula is C16H16N2O. The molecule has 3 heteroatoms. The van der Waals surface area contributed by atoms with E-state index in [9.17, 15) is 0 Å². The summed E-state index contributed by atoms with van der Waals surface area (Å²) in [5.74, 6) is 0.900. The SMILES string of the molecule is COc1ccc2[nH]cc(CCc3ccncc3)c2c1. The van der Waals surface area contributed by atoms with Gasteiger partial charge in [0.15, 0.2) is 0 Å². The fraction of sp³-hybridized carbons (Fsp3) is 0.188. The van der Waals surface area contributed by atoms with E-state index in [1.807, 2.05) is 18.5 Å². The number of H-pyrrole nitrogens is 1. The Morgan fingerprint density at radius 3 is 2.74 bits per heavy atom. The van der Waals surface area contributed by atoms with Crippen molar-refractivity contribution in [3.63, 3.8) is 0 Å².